The first kappa shape index (κ1) is 36.3. The van der Waals surface area contributed by atoms with E-state index in [2.05, 4.69) is 15.3 Å². The summed E-state index contributed by atoms with van der Waals surface area (Å²) in [5.41, 5.74) is 0.686. The normalized spacial score (nSPS) is 17.3. The molecule has 15 heteroatoms. The molecule has 0 spiro atoms. The average molecular weight is 676 g/mol. The average Bonchev–Trinajstić information content (AvgIpc) is 3.60. The van der Waals surface area contributed by atoms with Crippen LogP contribution in [0.25, 0.3) is 11.4 Å². The molecule has 1 aromatic carbocycles. The lowest BCUT2D eigenvalue weighted by Gasteiger charge is -2.36. The number of unbranched alkanes of at least 4 members (excludes halogenated alkanes) is 1. The van der Waals surface area contributed by atoms with Gasteiger partial charge in [0.1, 0.15) is 17.8 Å². The summed E-state index contributed by atoms with van der Waals surface area (Å²) in [6.45, 7) is 8.14. The van der Waals surface area contributed by atoms with Gasteiger partial charge in [-0.1, -0.05) is 43.7 Å². The molecule has 2 fully saturated rings. The van der Waals surface area contributed by atoms with E-state index in [1.165, 1.54) is 6.07 Å². The van der Waals surface area contributed by atoms with Gasteiger partial charge in [0.15, 0.2) is 5.82 Å². The van der Waals surface area contributed by atoms with Crippen molar-refractivity contribution >= 4 is 25.5 Å². The molecule has 2 aromatic rings. The number of carbonyl (C=O) groups is 3. The Kier molecular flexibility index (Phi) is 14.0. The number of amides is 3. The monoisotopic (exact) mass is 675 g/mol. The van der Waals surface area contributed by atoms with Gasteiger partial charge in [-0.3, -0.25) is 14.2 Å². The van der Waals surface area contributed by atoms with Crippen LogP contribution in [0.15, 0.2) is 36.4 Å². The molecule has 4 rings (SSSR count). The molecule has 3 heterocycles. The summed E-state index contributed by atoms with van der Waals surface area (Å²) in [4.78, 5) is 52.3. The van der Waals surface area contributed by atoms with E-state index >= 15 is 0 Å². The molecule has 2 atom stereocenters. The Labute approximate surface area is 276 Å². The summed E-state index contributed by atoms with van der Waals surface area (Å²) in [6.07, 6.45) is 1.64. The summed E-state index contributed by atoms with van der Waals surface area (Å²) in [5, 5.41) is 2.82. The minimum Gasteiger partial charge on any atom is -0.472 e. The Morgan fingerprint density at radius 1 is 1.02 bits per heavy atom. The first-order chi connectivity index (χ1) is 22.7. The van der Waals surface area contributed by atoms with E-state index in [0.717, 1.165) is 12.8 Å². The quantitative estimate of drug-likeness (QED) is 0.201. The van der Waals surface area contributed by atoms with E-state index in [9.17, 15) is 18.9 Å². The van der Waals surface area contributed by atoms with E-state index in [0.29, 0.717) is 31.8 Å². The highest BCUT2D eigenvalue weighted by atomic mass is 31.2. The van der Waals surface area contributed by atoms with E-state index in [4.69, 9.17) is 23.3 Å². The highest BCUT2D eigenvalue weighted by Crippen LogP contribution is 2.48. The van der Waals surface area contributed by atoms with Crippen LogP contribution in [0.3, 0.4) is 0 Å². The van der Waals surface area contributed by atoms with Crippen LogP contribution in [-0.4, -0.2) is 115 Å². The van der Waals surface area contributed by atoms with Gasteiger partial charge in [0.25, 0.3) is 5.91 Å². The second-order valence-electron chi connectivity index (χ2n) is 11.1. The Balaban J connectivity index is 1.54. The van der Waals surface area contributed by atoms with E-state index in [-0.39, 0.29) is 81.4 Å². The van der Waals surface area contributed by atoms with Gasteiger partial charge in [-0.15, -0.1) is 0 Å². The smallest absolute Gasteiger partial charge is 0.409 e. The van der Waals surface area contributed by atoms with Crippen molar-refractivity contribution in [3.05, 3.63) is 42.1 Å². The van der Waals surface area contributed by atoms with Crippen molar-refractivity contribution < 1.29 is 42.2 Å². The van der Waals surface area contributed by atoms with Crippen LogP contribution in [0.1, 0.15) is 56.9 Å². The largest absolute Gasteiger partial charge is 0.472 e. The lowest BCUT2D eigenvalue weighted by atomic mass is 10.1. The fraction of sp³-hybridized carbons (Fsp3) is 0.594. The molecule has 0 bridgehead atoms. The number of hydrogen-bond acceptors (Lipinski definition) is 11. The maximum Gasteiger partial charge on any atom is 0.409 e. The molecule has 14 nitrogen and oxygen atoms in total. The first-order valence-corrected chi connectivity index (χ1v) is 18.1. The minimum atomic E-state index is -3.53. The van der Waals surface area contributed by atoms with Crippen molar-refractivity contribution in [3.63, 3.8) is 0 Å². The first-order valence-electron chi connectivity index (χ1n) is 16.3. The van der Waals surface area contributed by atoms with E-state index in [1.54, 1.807) is 23.6 Å². The number of rotatable bonds is 16. The number of aromatic nitrogens is 2. The van der Waals surface area contributed by atoms with Gasteiger partial charge in [-0.05, 0) is 26.7 Å². The molecule has 0 unspecified atom stereocenters. The molecule has 0 aliphatic carbocycles. The van der Waals surface area contributed by atoms with Gasteiger partial charge >= 0.3 is 13.7 Å². The zero-order chi connectivity index (χ0) is 33.6. The Hall–Kier alpha value is -3.58. The molecule has 0 radical (unpaired) electrons. The second-order valence-corrected chi connectivity index (χ2v) is 13.3. The van der Waals surface area contributed by atoms with Crippen LogP contribution in [0.2, 0.25) is 0 Å². The van der Waals surface area contributed by atoms with Gasteiger partial charge in [0.2, 0.25) is 11.8 Å². The third-order valence-corrected chi connectivity index (χ3v) is 9.77. The predicted molar refractivity (Wildman–Crippen MR) is 173 cm³/mol. The molecule has 0 saturated carbocycles. The summed E-state index contributed by atoms with van der Waals surface area (Å²) in [5.74, 6) is -0.513. The number of benzene rings is 1. The fourth-order valence-electron chi connectivity index (χ4n) is 5.16. The zero-order valence-electron chi connectivity index (χ0n) is 27.4. The maximum atomic E-state index is 13.9. The van der Waals surface area contributed by atoms with Crippen molar-refractivity contribution in [2.45, 2.75) is 58.6 Å². The summed E-state index contributed by atoms with van der Waals surface area (Å²) >= 11 is 0. The van der Waals surface area contributed by atoms with Crippen molar-refractivity contribution in [1.29, 1.82) is 0 Å². The molecule has 47 heavy (non-hydrogen) atoms. The highest BCUT2D eigenvalue weighted by molar-refractivity contribution is 7.53. The van der Waals surface area contributed by atoms with E-state index in [1.807, 2.05) is 37.3 Å². The fourth-order valence-corrected chi connectivity index (χ4v) is 6.85. The third-order valence-electron chi connectivity index (χ3n) is 7.66. The van der Waals surface area contributed by atoms with Crippen molar-refractivity contribution in [2.75, 3.05) is 65.4 Å². The number of carbonyl (C=O) groups excluding carboxylic acids is 3. The van der Waals surface area contributed by atoms with Gasteiger partial charge in [0, 0.05) is 44.2 Å². The minimum absolute atomic E-state index is 0.00279. The van der Waals surface area contributed by atoms with Gasteiger partial charge in [0.05, 0.1) is 39.2 Å². The van der Waals surface area contributed by atoms with Crippen LogP contribution in [0.4, 0.5) is 4.79 Å². The third kappa shape index (κ3) is 10.7. The highest BCUT2D eigenvalue weighted by Gasteiger charge is 2.34. The van der Waals surface area contributed by atoms with Crippen LogP contribution < -0.4 is 10.1 Å². The maximum absolute atomic E-state index is 13.9. The number of nitrogens with zero attached hydrogens (tertiary/aromatic N) is 4. The predicted octanol–water partition coefficient (Wildman–Crippen LogP) is 4.15. The molecule has 2 aliphatic heterocycles. The molecule has 2 aliphatic rings. The van der Waals surface area contributed by atoms with Gasteiger partial charge in [-0.2, -0.15) is 4.98 Å². The standard InChI is InChI=1S/C32H46N5O9P/c1-4-7-19-43-32(40)37-17-15-36(16-18-37)31(39)26(14-21-47(41,44-5-2)45-6-3)34-30(38)27-22-28(46-25-13-20-42-23-25)35-29(33-27)24-11-9-8-10-12-24/h8-12,22,25-26H,4-7,13-21,23H2,1-3H3,(H,34,38)/t25-,26-/m0/s1. The number of piperazine rings is 1. The Morgan fingerprint density at radius 2 is 1.72 bits per heavy atom. The van der Waals surface area contributed by atoms with Crippen LogP contribution in [0.5, 0.6) is 5.88 Å². The number of nitrogens with one attached hydrogen (secondary N) is 1. The topological polar surface area (TPSA) is 159 Å². The summed E-state index contributed by atoms with van der Waals surface area (Å²) in [6, 6.07) is 9.55. The molecular formula is C32H46N5O9P. The van der Waals surface area contributed by atoms with Crippen LogP contribution in [0, 0.1) is 0 Å². The Morgan fingerprint density at radius 3 is 2.36 bits per heavy atom. The van der Waals surface area contributed by atoms with Crippen molar-refractivity contribution in [2.24, 2.45) is 0 Å². The molecular weight excluding hydrogens is 629 g/mol. The molecule has 3 amide bonds. The van der Waals surface area contributed by atoms with Crippen molar-refractivity contribution in [1.82, 2.24) is 25.1 Å². The lowest BCUT2D eigenvalue weighted by Crippen LogP contribution is -2.56. The van der Waals surface area contributed by atoms with Crippen LogP contribution in [-0.2, 0) is 27.9 Å². The SMILES string of the molecule is CCCCOC(=O)N1CCN(C(=O)[C@H](CCP(=O)(OCC)OCC)NC(=O)c2cc(O[C@H]3CCOC3)nc(-c3ccccc3)n2)CC1. The van der Waals surface area contributed by atoms with Gasteiger partial charge in [-0.25, -0.2) is 9.78 Å². The van der Waals surface area contributed by atoms with Crippen LogP contribution >= 0.6 is 7.60 Å². The number of ether oxygens (including phenoxy) is 3. The molecule has 1 aromatic heterocycles. The van der Waals surface area contributed by atoms with Gasteiger partial charge < -0.3 is 38.4 Å². The summed E-state index contributed by atoms with van der Waals surface area (Å²) < 4.78 is 41.0. The molecule has 2 saturated heterocycles. The van der Waals surface area contributed by atoms with Crippen molar-refractivity contribution in [3.8, 4) is 17.3 Å². The molecule has 258 valence electrons. The van der Waals surface area contributed by atoms with E-state index < -0.39 is 25.6 Å². The lowest BCUT2D eigenvalue weighted by molar-refractivity contribution is -0.134. The zero-order valence-corrected chi connectivity index (χ0v) is 28.3. The second kappa shape index (κ2) is 18.1. The number of hydrogen-bond donors (Lipinski definition) is 1. The summed E-state index contributed by atoms with van der Waals surface area (Å²) in [7, 11) is -3.53. The molecule has 1 N–H and O–H groups in total. The Bertz CT molecular complexity index is 1360.